The molecule has 104 valence electrons. The standard InChI is InChI=1S/C12H12F2INO3/c1-6-2-3-8(15)7(4-6)11(17)16-9(12(18)19)5-10(13)14/h2-4,9-10H,5H2,1H3,(H,16,17)(H,18,19). The van der Waals surface area contributed by atoms with Crippen LogP contribution < -0.4 is 5.32 Å². The van der Waals surface area contributed by atoms with E-state index in [1.165, 1.54) is 0 Å². The summed E-state index contributed by atoms with van der Waals surface area (Å²) in [5, 5.41) is 10.9. The van der Waals surface area contributed by atoms with E-state index >= 15 is 0 Å². The number of rotatable bonds is 5. The number of amides is 1. The molecule has 1 atom stereocenters. The summed E-state index contributed by atoms with van der Waals surface area (Å²) >= 11 is 1.93. The third kappa shape index (κ3) is 4.73. The normalized spacial score (nSPS) is 12.3. The minimum Gasteiger partial charge on any atom is -0.480 e. The predicted octanol–water partition coefficient (Wildman–Crippen LogP) is 2.44. The van der Waals surface area contributed by atoms with Crippen molar-refractivity contribution in [1.29, 1.82) is 0 Å². The monoisotopic (exact) mass is 383 g/mol. The summed E-state index contributed by atoms with van der Waals surface area (Å²) in [6.07, 6.45) is -3.71. The Morgan fingerprint density at radius 2 is 2.05 bits per heavy atom. The van der Waals surface area contributed by atoms with Gasteiger partial charge in [-0.1, -0.05) is 11.6 Å². The van der Waals surface area contributed by atoms with Crippen molar-refractivity contribution in [3.8, 4) is 0 Å². The molecule has 1 rings (SSSR count). The summed E-state index contributed by atoms with van der Waals surface area (Å²) in [5.74, 6) is -2.14. The Morgan fingerprint density at radius 3 is 2.58 bits per heavy atom. The molecule has 0 fully saturated rings. The number of aryl methyl sites for hydroxylation is 1. The maximum Gasteiger partial charge on any atom is 0.326 e. The number of benzene rings is 1. The third-order valence-corrected chi connectivity index (χ3v) is 3.32. The first-order valence-electron chi connectivity index (χ1n) is 5.39. The fourth-order valence-corrected chi connectivity index (χ4v) is 2.03. The van der Waals surface area contributed by atoms with Gasteiger partial charge in [0.25, 0.3) is 5.91 Å². The minimum atomic E-state index is -2.79. The lowest BCUT2D eigenvalue weighted by atomic mass is 10.1. The highest BCUT2D eigenvalue weighted by Crippen LogP contribution is 2.15. The molecular formula is C12H12F2INO3. The second-order valence-corrected chi connectivity index (χ2v) is 5.14. The zero-order chi connectivity index (χ0) is 14.6. The zero-order valence-corrected chi connectivity index (χ0v) is 12.1. The highest BCUT2D eigenvalue weighted by Gasteiger charge is 2.25. The van der Waals surface area contributed by atoms with E-state index in [0.29, 0.717) is 3.57 Å². The first kappa shape index (κ1) is 15.8. The number of aliphatic carboxylic acids is 1. The molecule has 0 saturated heterocycles. The van der Waals surface area contributed by atoms with Crippen LogP contribution in [0.25, 0.3) is 0 Å². The smallest absolute Gasteiger partial charge is 0.326 e. The second kappa shape index (κ2) is 6.78. The van der Waals surface area contributed by atoms with Gasteiger partial charge in [-0.15, -0.1) is 0 Å². The Morgan fingerprint density at radius 1 is 1.42 bits per heavy atom. The van der Waals surface area contributed by atoms with Crippen molar-refractivity contribution in [3.63, 3.8) is 0 Å². The summed E-state index contributed by atoms with van der Waals surface area (Å²) in [5.41, 5.74) is 1.10. The average Bonchev–Trinajstić information content (AvgIpc) is 2.30. The molecular weight excluding hydrogens is 371 g/mol. The van der Waals surface area contributed by atoms with E-state index in [1.54, 1.807) is 25.1 Å². The lowest BCUT2D eigenvalue weighted by molar-refractivity contribution is -0.140. The van der Waals surface area contributed by atoms with Gasteiger partial charge in [-0.05, 0) is 41.6 Å². The number of alkyl halides is 2. The molecule has 4 nitrogen and oxygen atoms in total. The molecule has 0 radical (unpaired) electrons. The molecule has 0 spiro atoms. The van der Waals surface area contributed by atoms with Gasteiger partial charge < -0.3 is 10.4 Å². The highest BCUT2D eigenvalue weighted by atomic mass is 127. The number of nitrogens with one attached hydrogen (secondary N) is 1. The van der Waals surface area contributed by atoms with Gasteiger partial charge in [0.1, 0.15) is 6.04 Å². The molecule has 7 heteroatoms. The number of hydrogen-bond acceptors (Lipinski definition) is 2. The number of carboxylic acid groups (broad SMARTS) is 1. The van der Waals surface area contributed by atoms with Gasteiger partial charge in [0.05, 0.1) is 5.56 Å². The van der Waals surface area contributed by atoms with Crippen molar-refractivity contribution >= 4 is 34.5 Å². The molecule has 0 aliphatic heterocycles. The highest BCUT2D eigenvalue weighted by molar-refractivity contribution is 14.1. The lowest BCUT2D eigenvalue weighted by Crippen LogP contribution is -2.42. The Hall–Kier alpha value is -1.25. The molecule has 1 aromatic rings. The Kier molecular flexibility index (Phi) is 5.64. The van der Waals surface area contributed by atoms with Crippen LogP contribution in [0.1, 0.15) is 22.3 Å². The molecule has 1 unspecified atom stereocenters. The van der Waals surface area contributed by atoms with Crippen LogP contribution in [0.15, 0.2) is 18.2 Å². The summed E-state index contributed by atoms with van der Waals surface area (Å²) in [7, 11) is 0. The first-order valence-corrected chi connectivity index (χ1v) is 6.47. The topological polar surface area (TPSA) is 66.4 Å². The van der Waals surface area contributed by atoms with E-state index in [4.69, 9.17) is 5.11 Å². The van der Waals surface area contributed by atoms with E-state index in [2.05, 4.69) is 5.32 Å². The van der Waals surface area contributed by atoms with Crippen molar-refractivity contribution in [2.24, 2.45) is 0 Å². The molecule has 0 aliphatic carbocycles. The summed E-state index contributed by atoms with van der Waals surface area (Å²) in [6.45, 7) is 1.78. The van der Waals surface area contributed by atoms with Crippen molar-refractivity contribution < 1.29 is 23.5 Å². The van der Waals surface area contributed by atoms with Gasteiger partial charge in [0.15, 0.2) is 0 Å². The maximum atomic E-state index is 12.2. The van der Waals surface area contributed by atoms with Crippen molar-refractivity contribution in [2.45, 2.75) is 25.8 Å². The second-order valence-electron chi connectivity index (χ2n) is 3.97. The quantitative estimate of drug-likeness (QED) is 0.768. The van der Waals surface area contributed by atoms with Crippen LogP contribution in [-0.2, 0) is 4.79 Å². The minimum absolute atomic E-state index is 0.279. The molecule has 0 aliphatic rings. The molecule has 0 heterocycles. The number of carbonyl (C=O) groups is 2. The van der Waals surface area contributed by atoms with Crippen LogP contribution in [-0.4, -0.2) is 29.5 Å². The Labute approximate surface area is 122 Å². The molecule has 0 aromatic heterocycles. The third-order valence-electron chi connectivity index (χ3n) is 2.38. The molecule has 0 bridgehead atoms. The molecule has 2 N–H and O–H groups in total. The number of halogens is 3. The van der Waals surface area contributed by atoms with E-state index in [0.717, 1.165) is 5.56 Å². The molecule has 1 amide bonds. The Bertz CT molecular complexity index is 494. The van der Waals surface area contributed by atoms with Gasteiger partial charge in [-0.25, -0.2) is 13.6 Å². The van der Waals surface area contributed by atoms with E-state index < -0.39 is 30.8 Å². The van der Waals surface area contributed by atoms with Crippen LogP contribution >= 0.6 is 22.6 Å². The fraction of sp³-hybridized carbons (Fsp3) is 0.333. The maximum absolute atomic E-state index is 12.2. The van der Waals surface area contributed by atoms with Crippen LogP contribution in [0.5, 0.6) is 0 Å². The van der Waals surface area contributed by atoms with Crippen molar-refractivity contribution in [2.75, 3.05) is 0 Å². The SMILES string of the molecule is Cc1ccc(I)c(C(=O)NC(CC(F)F)C(=O)O)c1. The largest absolute Gasteiger partial charge is 0.480 e. The average molecular weight is 383 g/mol. The zero-order valence-electron chi connectivity index (χ0n) is 9.99. The van der Waals surface area contributed by atoms with E-state index in [1.807, 2.05) is 22.6 Å². The van der Waals surface area contributed by atoms with Gasteiger partial charge in [0, 0.05) is 9.99 Å². The number of hydrogen-bond donors (Lipinski definition) is 2. The number of carbonyl (C=O) groups excluding carboxylic acids is 1. The fourth-order valence-electron chi connectivity index (χ4n) is 1.45. The van der Waals surface area contributed by atoms with Gasteiger partial charge in [-0.3, -0.25) is 4.79 Å². The molecule has 0 saturated carbocycles. The van der Waals surface area contributed by atoms with Gasteiger partial charge in [0.2, 0.25) is 6.43 Å². The van der Waals surface area contributed by atoms with Crippen LogP contribution in [0, 0.1) is 10.5 Å². The predicted molar refractivity (Wildman–Crippen MR) is 73.4 cm³/mol. The first-order chi connectivity index (χ1) is 8.81. The number of carboxylic acids is 1. The lowest BCUT2D eigenvalue weighted by Gasteiger charge is -2.14. The van der Waals surface area contributed by atoms with Crippen LogP contribution in [0.2, 0.25) is 0 Å². The summed E-state index contributed by atoms with van der Waals surface area (Å²) < 4.78 is 25.1. The molecule has 19 heavy (non-hydrogen) atoms. The molecule has 1 aromatic carbocycles. The van der Waals surface area contributed by atoms with Crippen molar-refractivity contribution in [1.82, 2.24) is 5.32 Å². The van der Waals surface area contributed by atoms with Crippen LogP contribution in [0.4, 0.5) is 8.78 Å². The van der Waals surface area contributed by atoms with E-state index in [-0.39, 0.29) is 5.56 Å². The Balaban J connectivity index is 2.87. The van der Waals surface area contributed by atoms with Crippen LogP contribution in [0.3, 0.4) is 0 Å². The summed E-state index contributed by atoms with van der Waals surface area (Å²) in [4.78, 5) is 22.7. The van der Waals surface area contributed by atoms with Crippen molar-refractivity contribution in [3.05, 3.63) is 32.9 Å². The van der Waals surface area contributed by atoms with Gasteiger partial charge in [-0.2, -0.15) is 0 Å². The summed E-state index contributed by atoms with van der Waals surface area (Å²) in [6, 6.07) is 3.49. The van der Waals surface area contributed by atoms with E-state index in [9.17, 15) is 18.4 Å². The van der Waals surface area contributed by atoms with Gasteiger partial charge >= 0.3 is 5.97 Å².